The van der Waals surface area contributed by atoms with E-state index in [4.69, 9.17) is 10.5 Å². The van der Waals surface area contributed by atoms with E-state index in [1.807, 2.05) is 60.7 Å². The maximum absolute atomic E-state index is 11.3. The first-order valence-electron chi connectivity index (χ1n) is 8.02. The second kappa shape index (κ2) is 10.3. The van der Waals surface area contributed by atoms with Gasteiger partial charge in [0.2, 0.25) is 5.91 Å². The van der Waals surface area contributed by atoms with Gasteiger partial charge in [-0.1, -0.05) is 60.7 Å². The van der Waals surface area contributed by atoms with Crippen LogP contribution in [-0.4, -0.2) is 10.9 Å². The van der Waals surface area contributed by atoms with Crippen LogP contribution >= 0.6 is 0 Å². The number of ether oxygens (including phenoxy) is 1. The molecule has 3 aromatic rings. The van der Waals surface area contributed by atoms with Crippen molar-refractivity contribution in [3.05, 3.63) is 107 Å². The molecule has 0 aliphatic heterocycles. The number of aromatic nitrogens is 1. The molecule has 0 saturated heterocycles. The van der Waals surface area contributed by atoms with Gasteiger partial charge >= 0.3 is 0 Å². The number of hydrogen-bond acceptors (Lipinski definition) is 3. The lowest BCUT2D eigenvalue weighted by atomic mass is 10.2. The van der Waals surface area contributed by atoms with Crippen LogP contribution in [0.15, 0.2) is 89.9 Å². The Labute approximate surface area is 151 Å². The molecule has 0 fully saturated rings. The van der Waals surface area contributed by atoms with Gasteiger partial charge in [0.1, 0.15) is 6.61 Å². The Morgan fingerprint density at radius 2 is 1.62 bits per heavy atom. The molecule has 3 N–H and O–H groups in total. The molecule has 1 amide bonds. The van der Waals surface area contributed by atoms with Crippen molar-refractivity contribution in [3.63, 3.8) is 0 Å². The van der Waals surface area contributed by atoms with Crippen molar-refractivity contribution < 1.29 is 9.53 Å². The molecule has 0 radical (unpaired) electrons. The summed E-state index contributed by atoms with van der Waals surface area (Å²) in [6, 6.07) is 22.7. The van der Waals surface area contributed by atoms with Crippen LogP contribution in [0.4, 0.5) is 0 Å². The molecular formula is C21H20N2O3. The van der Waals surface area contributed by atoms with Gasteiger partial charge in [-0.15, -0.1) is 0 Å². The van der Waals surface area contributed by atoms with E-state index in [1.54, 1.807) is 24.4 Å². The van der Waals surface area contributed by atoms with Crippen LogP contribution < -0.4 is 16.0 Å². The number of pyridine rings is 1. The number of primary amides is 1. The van der Waals surface area contributed by atoms with Gasteiger partial charge < -0.3 is 15.5 Å². The summed E-state index contributed by atoms with van der Waals surface area (Å²) < 4.78 is 5.38. The molecule has 26 heavy (non-hydrogen) atoms. The standard InChI is InChI=1S/C12H11NO2.C9H9NO/c14-12-11(7-4-8-13-12)15-9-10-5-2-1-3-6-10;10-9(11)7-6-8-4-2-1-3-5-8/h1-8H,9H2,(H,13,14);1-7H,(H2,10,11). The van der Waals surface area contributed by atoms with E-state index in [-0.39, 0.29) is 5.56 Å². The van der Waals surface area contributed by atoms with Crippen molar-refractivity contribution in [2.45, 2.75) is 6.61 Å². The number of aromatic amines is 1. The van der Waals surface area contributed by atoms with Crippen LogP contribution in [0, 0.1) is 0 Å². The molecule has 1 aromatic heterocycles. The summed E-state index contributed by atoms with van der Waals surface area (Å²) in [7, 11) is 0. The second-order valence-corrected chi connectivity index (χ2v) is 5.28. The molecular weight excluding hydrogens is 328 g/mol. The first-order valence-corrected chi connectivity index (χ1v) is 8.02. The molecule has 0 aliphatic rings. The lowest BCUT2D eigenvalue weighted by Gasteiger charge is -2.04. The summed E-state index contributed by atoms with van der Waals surface area (Å²) in [5.74, 6) is -0.0739. The topological polar surface area (TPSA) is 85.2 Å². The van der Waals surface area contributed by atoms with Gasteiger partial charge in [0.25, 0.3) is 5.56 Å². The second-order valence-electron chi connectivity index (χ2n) is 5.28. The van der Waals surface area contributed by atoms with E-state index in [0.29, 0.717) is 12.4 Å². The van der Waals surface area contributed by atoms with Crippen LogP contribution in [0.3, 0.4) is 0 Å². The number of amides is 1. The lowest BCUT2D eigenvalue weighted by Crippen LogP contribution is -2.09. The van der Waals surface area contributed by atoms with E-state index >= 15 is 0 Å². The number of hydrogen-bond donors (Lipinski definition) is 2. The average Bonchev–Trinajstić information content (AvgIpc) is 2.68. The number of rotatable bonds is 5. The van der Waals surface area contributed by atoms with Crippen LogP contribution in [0.2, 0.25) is 0 Å². The van der Waals surface area contributed by atoms with Crippen molar-refractivity contribution in [3.8, 4) is 5.75 Å². The minimum Gasteiger partial charge on any atom is -0.483 e. The average molecular weight is 348 g/mol. The highest BCUT2D eigenvalue weighted by Crippen LogP contribution is 2.05. The monoisotopic (exact) mass is 348 g/mol. The van der Waals surface area contributed by atoms with Gasteiger partial charge in [-0.3, -0.25) is 9.59 Å². The van der Waals surface area contributed by atoms with E-state index in [1.165, 1.54) is 6.08 Å². The molecule has 5 nitrogen and oxygen atoms in total. The van der Waals surface area contributed by atoms with Crippen LogP contribution in [0.1, 0.15) is 11.1 Å². The van der Waals surface area contributed by atoms with Crippen molar-refractivity contribution in [2.24, 2.45) is 5.73 Å². The maximum Gasteiger partial charge on any atom is 0.290 e. The molecule has 0 bridgehead atoms. The number of H-pyrrole nitrogens is 1. The number of carbonyl (C=O) groups is 1. The fourth-order valence-electron chi connectivity index (χ4n) is 2.00. The minimum absolute atomic E-state index is 0.201. The number of carbonyl (C=O) groups excluding carboxylic acids is 1. The zero-order valence-corrected chi connectivity index (χ0v) is 14.2. The Balaban J connectivity index is 0.000000197. The zero-order chi connectivity index (χ0) is 18.6. The Morgan fingerprint density at radius 3 is 2.23 bits per heavy atom. The first kappa shape index (κ1) is 18.7. The summed E-state index contributed by atoms with van der Waals surface area (Å²) in [4.78, 5) is 24.1. The maximum atomic E-state index is 11.3. The Bertz CT molecular complexity index is 888. The molecule has 2 aromatic carbocycles. The normalized spacial score (nSPS) is 10.0. The summed E-state index contributed by atoms with van der Waals surface area (Å²) in [6.07, 6.45) is 4.61. The summed E-state index contributed by atoms with van der Waals surface area (Å²) in [6.45, 7) is 0.411. The molecule has 0 aliphatic carbocycles. The highest BCUT2D eigenvalue weighted by molar-refractivity contribution is 5.90. The molecule has 0 unspecified atom stereocenters. The Kier molecular flexibility index (Phi) is 7.42. The van der Waals surface area contributed by atoms with Gasteiger partial charge in [-0.2, -0.15) is 0 Å². The minimum atomic E-state index is -0.422. The van der Waals surface area contributed by atoms with Crippen LogP contribution in [0.25, 0.3) is 6.08 Å². The van der Waals surface area contributed by atoms with E-state index in [0.717, 1.165) is 11.1 Å². The zero-order valence-electron chi connectivity index (χ0n) is 14.2. The molecule has 0 atom stereocenters. The third-order valence-electron chi connectivity index (χ3n) is 3.26. The van der Waals surface area contributed by atoms with E-state index in [2.05, 4.69) is 4.98 Å². The quantitative estimate of drug-likeness (QED) is 0.695. The Morgan fingerprint density at radius 1 is 0.962 bits per heavy atom. The van der Waals surface area contributed by atoms with Gasteiger partial charge in [0, 0.05) is 12.3 Å². The summed E-state index contributed by atoms with van der Waals surface area (Å²) in [5.41, 5.74) is 6.73. The molecule has 0 spiro atoms. The van der Waals surface area contributed by atoms with Crippen LogP contribution in [0.5, 0.6) is 5.75 Å². The first-order chi connectivity index (χ1) is 12.6. The van der Waals surface area contributed by atoms with Gasteiger partial charge in [0.15, 0.2) is 5.75 Å². The van der Waals surface area contributed by atoms with Crippen molar-refractivity contribution in [1.29, 1.82) is 0 Å². The van der Waals surface area contributed by atoms with Crippen molar-refractivity contribution >= 4 is 12.0 Å². The van der Waals surface area contributed by atoms with Gasteiger partial charge in [-0.05, 0) is 29.3 Å². The number of nitrogens with one attached hydrogen (secondary N) is 1. The van der Waals surface area contributed by atoms with Gasteiger partial charge in [0.05, 0.1) is 0 Å². The predicted molar refractivity (Wildman–Crippen MR) is 103 cm³/mol. The third-order valence-corrected chi connectivity index (χ3v) is 3.26. The lowest BCUT2D eigenvalue weighted by molar-refractivity contribution is -0.113. The highest BCUT2D eigenvalue weighted by atomic mass is 16.5. The van der Waals surface area contributed by atoms with Crippen LogP contribution in [-0.2, 0) is 11.4 Å². The third kappa shape index (κ3) is 6.88. The molecule has 1 heterocycles. The largest absolute Gasteiger partial charge is 0.483 e. The molecule has 5 heteroatoms. The molecule has 3 rings (SSSR count). The van der Waals surface area contributed by atoms with Crippen molar-refractivity contribution in [1.82, 2.24) is 4.98 Å². The SMILES string of the molecule is NC(=O)C=Cc1ccccc1.O=c1[nH]cccc1OCc1ccccc1. The smallest absolute Gasteiger partial charge is 0.290 e. The summed E-state index contributed by atoms with van der Waals surface area (Å²) >= 11 is 0. The Hall–Kier alpha value is -3.60. The summed E-state index contributed by atoms with van der Waals surface area (Å²) in [5, 5.41) is 0. The van der Waals surface area contributed by atoms with E-state index in [9.17, 15) is 9.59 Å². The molecule has 132 valence electrons. The predicted octanol–water partition coefficient (Wildman–Crippen LogP) is 3.14. The molecule has 0 saturated carbocycles. The van der Waals surface area contributed by atoms with Crippen molar-refractivity contribution in [2.75, 3.05) is 0 Å². The highest BCUT2D eigenvalue weighted by Gasteiger charge is 1.98. The fraction of sp³-hybridized carbons (Fsp3) is 0.0476. The fourth-order valence-corrected chi connectivity index (χ4v) is 2.00. The number of nitrogens with two attached hydrogens (primary N) is 1. The van der Waals surface area contributed by atoms with E-state index < -0.39 is 5.91 Å². The number of benzene rings is 2. The van der Waals surface area contributed by atoms with Gasteiger partial charge in [-0.25, -0.2) is 0 Å².